The van der Waals surface area contributed by atoms with Gasteiger partial charge in [-0.15, -0.1) is 0 Å². The lowest BCUT2D eigenvalue weighted by Crippen LogP contribution is -2.37. The highest BCUT2D eigenvalue weighted by atomic mass is 31.2. The fraction of sp³-hybridized carbons (Fsp3) is 0.488. The number of phosphoric ester groups is 1. The summed E-state index contributed by atoms with van der Waals surface area (Å²) < 4.78 is 34.2. The Morgan fingerprint density at radius 2 is 0.562 bits per heavy atom. The molecule has 0 aliphatic heterocycles. The van der Waals surface area contributed by atoms with Crippen molar-refractivity contribution in [1.29, 1.82) is 0 Å². The van der Waals surface area contributed by atoms with Crippen LogP contribution in [0.15, 0.2) is 255 Å². The molecule has 0 saturated heterocycles. The first-order valence-electron chi connectivity index (χ1n) is 36.4. The molecule has 0 aromatic carbocycles. The lowest BCUT2D eigenvalue weighted by molar-refractivity contribution is -0.870. The van der Waals surface area contributed by atoms with E-state index in [2.05, 4.69) is 269 Å². The van der Waals surface area contributed by atoms with Crippen molar-refractivity contribution in [3.63, 3.8) is 0 Å². The van der Waals surface area contributed by atoms with Crippen molar-refractivity contribution >= 4 is 19.8 Å². The fourth-order valence-corrected chi connectivity index (χ4v) is 9.30. The molecule has 0 aromatic rings. The van der Waals surface area contributed by atoms with Crippen molar-refractivity contribution in [3.05, 3.63) is 255 Å². The van der Waals surface area contributed by atoms with Gasteiger partial charge in [0, 0.05) is 12.8 Å². The van der Waals surface area contributed by atoms with Gasteiger partial charge < -0.3 is 27.9 Å². The van der Waals surface area contributed by atoms with Crippen LogP contribution < -0.4 is 4.89 Å². The van der Waals surface area contributed by atoms with Crippen LogP contribution in [0.3, 0.4) is 0 Å². The molecule has 0 heterocycles. The zero-order valence-electron chi connectivity index (χ0n) is 60.4. The first kappa shape index (κ1) is 89.5. The van der Waals surface area contributed by atoms with Crippen LogP contribution in [0.5, 0.6) is 0 Å². The molecule has 0 N–H and O–H groups in total. The van der Waals surface area contributed by atoms with Crippen molar-refractivity contribution < 1.29 is 42.1 Å². The molecule has 2 unspecified atom stereocenters. The molecule has 10 heteroatoms. The maximum Gasteiger partial charge on any atom is 0.306 e. The quantitative estimate of drug-likeness (QED) is 0.0195. The minimum atomic E-state index is -4.68. The van der Waals surface area contributed by atoms with Gasteiger partial charge in [-0.2, -0.15) is 0 Å². The summed E-state index contributed by atoms with van der Waals surface area (Å²) in [5.74, 6) is -0.925. The van der Waals surface area contributed by atoms with E-state index in [0.29, 0.717) is 23.9 Å². The zero-order chi connectivity index (χ0) is 69.7. The second-order valence-corrected chi connectivity index (χ2v) is 25.5. The van der Waals surface area contributed by atoms with E-state index in [1.807, 2.05) is 21.1 Å². The zero-order valence-corrected chi connectivity index (χ0v) is 61.3. The molecule has 2 atom stereocenters. The van der Waals surface area contributed by atoms with Crippen LogP contribution >= 0.6 is 7.82 Å². The second-order valence-electron chi connectivity index (χ2n) is 24.1. The topological polar surface area (TPSA) is 111 Å². The molecular weight excluding hydrogens is 1210 g/mol. The number of phosphoric acid groups is 1. The summed E-state index contributed by atoms with van der Waals surface area (Å²) in [6, 6.07) is 0. The Morgan fingerprint density at radius 1 is 0.323 bits per heavy atom. The maximum absolute atomic E-state index is 12.9. The number of hydrogen-bond acceptors (Lipinski definition) is 8. The number of allylic oxidation sites excluding steroid dienone is 42. The predicted octanol–water partition coefficient (Wildman–Crippen LogP) is 23.9. The average Bonchev–Trinajstić information content (AvgIpc) is 2.54. The Hall–Kier alpha value is -6.45. The smallest absolute Gasteiger partial charge is 0.306 e. The van der Waals surface area contributed by atoms with Crippen LogP contribution in [-0.2, 0) is 32.7 Å². The molecule has 0 spiro atoms. The molecular formula is C86H130NO8P. The van der Waals surface area contributed by atoms with E-state index in [9.17, 15) is 19.0 Å². The predicted molar refractivity (Wildman–Crippen MR) is 414 cm³/mol. The third-order valence-electron chi connectivity index (χ3n) is 14.1. The molecule has 0 aromatic heterocycles. The van der Waals surface area contributed by atoms with Gasteiger partial charge in [-0.05, 0) is 173 Å². The first-order chi connectivity index (χ1) is 47.0. The van der Waals surface area contributed by atoms with E-state index < -0.39 is 32.5 Å². The van der Waals surface area contributed by atoms with Gasteiger partial charge in [-0.3, -0.25) is 14.2 Å². The van der Waals surface area contributed by atoms with Gasteiger partial charge in [0.05, 0.1) is 27.7 Å². The van der Waals surface area contributed by atoms with Crippen molar-refractivity contribution in [2.45, 2.75) is 225 Å². The summed E-state index contributed by atoms with van der Waals surface area (Å²) in [4.78, 5) is 38.1. The van der Waals surface area contributed by atoms with Crippen molar-refractivity contribution in [1.82, 2.24) is 0 Å². The number of ether oxygens (including phenoxy) is 2. The Morgan fingerprint density at radius 3 is 0.833 bits per heavy atom. The summed E-state index contributed by atoms with van der Waals surface area (Å²) in [7, 11) is 1.09. The Bertz CT molecular complexity index is 2570. The third kappa shape index (κ3) is 76.6. The first-order valence-corrected chi connectivity index (χ1v) is 37.9. The summed E-state index contributed by atoms with van der Waals surface area (Å²) in [5, 5.41) is 0. The van der Waals surface area contributed by atoms with Gasteiger partial charge in [0.2, 0.25) is 0 Å². The summed E-state index contributed by atoms with van der Waals surface area (Å²) in [5.41, 5.74) is 0. The molecule has 0 fully saturated rings. The van der Waals surface area contributed by atoms with E-state index in [4.69, 9.17) is 18.5 Å². The van der Waals surface area contributed by atoms with Crippen LogP contribution in [0.2, 0.25) is 0 Å². The van der Waals surface area contributed by atoms with Crippen LogP contribution in [0.25, 0.3) is 0 Å². The monoisotopic (exact) mass is 1340 g/mol. The fourth-order valence-electron chi connectivity index (χ4n) is 8.57. The number of likely N-dealkylation sites (N-methyl/N-ethyl adjacent to an activating group) is 1. The molecule has 0 radical (unpaired) electrons. The van der Waals surface area contributed by atoms with Crippen LogP contribution in [-0.4, -0.2) is 70.0 Å². The lowest BCUT2D eigenvalue weighted by Gasteiger charge is -2.28. The van der Waals surface area contributed by atoms with Crippen LogP contribution in [0.1, 0.15) is 219 Å². The number of carbonyl (C=O) groups is 2. The largest absolute Gasteiger partial charge is 0.756 e. The van der Waals surface area contributed by atoms with Gasteiger partial charge >= 0.3 is 11.9 Å². The Kier molecular flexibility index (Phi) is 67.9. The van der Waals surface area contributed by atoms with Gasteiger partial charge in [-0.25, -0.2) is 0 Å². The molecule has 9 nitrogen and oxygen atoms in total. The number of nitrogens with zero attached hydrogens (tertiary/aromatic N) is 1. The average molecular weight is 1340 g/mol. The van der Waals surface area contributed by atoms with Crippen LogP contribution in [0.4, 0.5) is 0 Å². The molecule has 532 valence electrons. The number of hydrogen-bond donors (Lipinski definition) is 0. The normalized spacial score (nSPS) is 14.6. The van der Waals surface area contributed by atoms with E-state index in [1.165, 1.54) is 0 Å². The van der Waals surface area contributed by atoms with E-state index in [0.717, 1.165) is 180 Å². The molecule has 0 amide bonds. The van der Waals surface area contributed by atoms with Crippen LogP contribution in [0, 0.1) is 0 Å². The Labute approximate surface area is 586 Å². The van der Waals surface area contributed by atoms with Crippen molar-refractivity contribution in [2.24, 2.45) is 0 Å². The Balaban J connectivity index is 4.27. The SMILES string of the molecule is CC/C=C\C/C=C\C/C=C\C/C=C\C/C=C\C/C=C\C/C=C\C/C=C\C/C=C\C/C=C\C/C=C\C/C=C\CCCCCCC(=O)OC(COC(=O)CCCCC/C=C\C/C=C\C/C=C\C/C=C\C/C=C\C/C=C\C/C=C\C/C=C\C/C=C\CC)COP(=O)([O-])OCC[N+](C)(C)C. The number of quaternary nitrogens is 1. The molecule has 0 aliphatic carbocycles. The van der Waals surface area contributed by atoms with Gasteiger partial charge in [0.15, 0.2) is 6.10 Å². The third-order valence-corrected chi connectivity index (χ3v) is 15.0. The summed E-state index contributed by atoms with van der Waals surface area (Å²) >= 11 is 0. The maximum atomic E-state index is 12.9. The number of unbranched alkanes of at least 4 members (excludes halogenated alkanes) is 7. The van der Waals surface area contributed by atoms with E-state index in [-0.39, 0.29) is 26.1 Å². The molecule has 0 rings (SSSR count). The molecule has 96 heavy (non-hydrogen) atoms. The highest BCUT2D eigenvalue weighted by Crippen LogP contribution is 2.38. The summed E-state index contributed by atoms with van der Waals surface area (Å²) in [6.07, 6.45) is 121. The van der Waals surface area contributed by atoms with E-state index >= 15 is 0 Å². The standard InChI is InChI=1S/C86H130NO8P/c1-6-8-10-12-14-16-18-20-22-24-26-28-30-32-34-36-38-39-40-41-42-43-44-45-46-47-49-51-53-55-57-59-61-63-65-67-69-71-73-75-77-79-86(89)95-84(83-94-96(90,91)93-81-80-87(3,4)5)82-92-85(88)78-76-74-72-70-68-66-64-62-60-58-56-54-52-50-48-37-35-33-31-29-27-25-23-21-19-17-15-13-11-9-7-2/h8-11,14-17,20-23,26-29,32-35,38-39,41-42,44-45,47-50,53-56,59-62,65-68,84H,6-7,12-13,18-19,24-25,30-31,36-37,40,43,46,51-52,57-58,63-64,69-83H2,1-5H3/b10-8-,11-9-,16-14-,17-15-,22-20-,23-21-,28-26-,29-27-,34-32-,35-33-,39-38-,42-41-,45-44-,49-47-,50-48-,55-53-,56-54-,61-59-,62-60-,67-65-,68-66-. The summed E-state index contributed by atoms with van der Waals surface area (Å²) in [6.45, 7) is 3.90. The van der Waals surface area contributed by atoms with Crippen molar-refractivity contribution in [2.75, 3.05) is 47.5 Å². The number of esters is 2. The number of rotatable bonds is 63. The minimum absolute atomic E-state index is 0.0573. The highest BCUT2D eigenvalue weighted by Gasteiger charge is 2.22. The van der Waals surface area contributed by atoms with Crippen molar-refractivity contribution in [3.8, 4) is 0 Å². The molecule has 0 saturated carbocycles. The number of carbonyl (C=O) groups excluding carboxylic acids is 2. The lowest BCUT2D eigenvalue weighted by atomic mass is 10.1. The minimum Gasteiger partial charge on any atom is -0.756 e. The molecule has 0 aliphatic rings. The van der Waals surface area contributed by atoms with Gasteiger partial charge in [-0.1, -0.05) is 288 Å². The van der Waals surface area contributed by atoms with E-state index in [1.54, 1.807) is 0 Å². The highest BCUT2D eigenvalue weighted by molar-refractivity contribution is 7.45. The molecule has 0 bridgehead atoms. The van der Waals surface area contributed by atoms with Gasteiger partial charge in [0.1, 0.15) is 19.8 Å². The van der Waals surface area contributed by atoms with Gasteiger partial charge in [0.25, 0.3) is 7.82 Å². The second kappa shape index (κ2) is 72.8.